The summed E-state index contributed by atoms with van der Waals surface area (Å²) in [4.78, 5) is 0. The summed E-state index contributed by atoms with van der Waals surface area (Å²) >= 11 is 3.48. The number of aromatic nitrogens is 3. The molecule has 0 radical (unpaired) electrons. The second kappa shape index (κ2) is 5.31. The molecule has 2 rings (SSSR count). The zero-order valence-corrected chi connectivity index (χ0v) is 11.4. The summed E-state index contributed by atoms with van der Waals surface area (Å²) in [5.41, 5.74) is 1.25. The van der Waals surface area contributed by atoms with E-state index < -0.39 is 0 Å². The molecule has 0 aliphatic carbocycles. The first-order valence-corrected chi connectivity index (χ1v) is 6.15. The molecule has 1 aromatic heterocycles. The van der Waals surface area contributed by atoms with E-state index in [0.29, 0.717) is 0 Å². The van der Waals surface area contributed by atoms with Crippen LogP contribution in [0.5, 0.6) is 5.75 Å². The Morgan fingerprint density at radius 1 is 1.35 bits per heavy atom. The minimum Gasteiger partial charge on any atom is -0.496 e. The molecular formula is C12H14BrN3O. The molecule has 0 unspecified atom stereocenters. The second-order valence-electron chi connectivity index (χ2n) is 3.83. The van der Waals surface area contributed by atoms with Gasteiger partial charge in [-0.3, -0.25) is 0 Å². The number of hydrogen-bond donors (Lipinski definition) is 0. The standard InChI is InChI=1S/C12H14BrN3O/c1-16-8-14-15-12(16)6-4-9-3-5-11(17-2)10(13)7-9/h3,5,7-8H,4,6H2,1-2H3. The highest BCUT2D eigenvalue weighted by Crippen LogP contribution is 2.25. The van der Waals surface area contributed by atoms with Crippen LogP contribution in [-0.4, -0.2) is 21.9 Å². The molecule has 0 saturated heterocycles. The van der Waals surface area contributed by atoms with Crippen molar-refractivity contribution in [2.75, 3.05) is 7.11 Å². The van der Waals surface area contributed by atoms with Crippen LogP contribution in [0.4, 0.5) is 0 Å². The van der Waals surface area contributed by atoms with Crippen LogP contribution in [0.1, 0.15) is 11.4 Å². The normalized spacial score (nSPS) is 10.5. The highest BCUT2D eigenvalue weighted by atomic mass is 79.9. The van der Waals surface area contributed by atoms with Gasteiger partial charge in [0.05, 0.1) is 11.6 Å². The van der Waals surface area contributed by atoms with E-state index in [4.69, 9.17) is 4.74 Å². The lowest BCUT2D eigenvalue weighted by atomic mass is 10.1. The zero-order valence-electron chi connectivity index (χ0n) is 9.85. The molecule has 0 fully saturated rings. The van der Waals surface area contributed by atoms with E-state index in [1.807, 2.05) is 17.7 Å². The van der Waals surface area contributed by atoms with Gasteiger partial charge in [-0.25, -0.2) is 0 Å². The Labute approximate surface area is 109 Å². The molecule has 1 heterocycles. The van der Waals surface area contributed by atoms with Gasteiger partial charge in [0.2, 0.25) is 0 Å². The van der Waals surface area contributed by atoms with Gasteiger partial charge in [0.15, 0.2) is 0 Å². The first kappa shape index (κ1) is 12.1. The summed E-state index contributed by atoms with van der Waals surface area (Å²) in [5, 5.41) is 7.93. The third-order valence-corrected chi connectivity index (χ3v) is 3.28. The van der Waals surface area contributed by atoms with Crippen LogP contribution in [0.25, 0.3) is 0 Å². The molecule has 0 spiro atoms. The van der Waals surface area contributed by atoms with Gasteiger partial charge in [-0.2, -0.15) is 0 Å². The lowest BCUT2D eigenvalue weighted by Crippen LogP contribution is -2.00. The molecule has 17 heavy (non-hydrogen) atoms. The predicted molar refractivity (Wildman–Crippen MR) is 69.1 cm³/mol. The summed E-state index contributed by atoms with van der Waals surface area (Å²) in [6.45, 7) is 0. The first-order valence-electron chi connectivity index (χ1n) is 5.36. The van der Waals surface area contributed by atoms with E-state index >= 15 is 0 Å². The number of aryl methyl sites for hydroxylation is 3. The van der Waals surface area contributed by atoms with Gasteiger partial charge < -0.3 is 9.30 Å². The van der Waals surface area contributed by atoms with Crippen LogP contribution in [0.2, 0.25) is 0 Å². The predicted octanol–water partition coefficient (Wildman–Crippen LogP) is 2.37. The summed E-state index contributed by atoms with van der Waals surface area (Å²) < 4.78 is 8.12. The highest BCUT2D eigenvalue weighted by molar-refractivity contribution is 9.10. The van der Waals surface area contributed by atoms with Crippen LogP contribution in [0, 0.1) is 0 Å². The van der Waals surface area contributed by atoms with E-state index in [1.54, 1.807) is 13.4 Å². The quantitative estimate of drug-likeness (QED) is 0.869. The van der Waals surface area contributed by atoms with Crippen molar-refractivity contribution in [3.63, 3.8) is 0 Å². The van der Waals surface area contributed by atoms with Gasteiger partial charge in [-0.15, -0.1) is 10.2 Å². The monoisotopic (exact) mass is 295 g/mol. The fourth-order valence-corrected chi connectivity index (χ4v) is 2.24. The van der Waals surface area contributed by atoms with E-state index in [0.717, 1.165) is 28.9 Å². The van der Waals surface area contributed by atoms with E-state index in [1.165, 1.54) is 5.56 Å². The third-order valence-electron chi connectivity index (χ3n) is 2.66. The molecule has 0 N–H and O–H groups in total. The summed E-state index contributed by atoms with van der Waals surface area (Å²) in [6, 6.07) is 6.12. The molecule has 2 aromatic rings. The van der Waals surface area contributed by atoms with E-state index in [9.17, 15) is 0 Å². The minimum absolute atomic E-state index is 0.854. The van der Waals surface area contributed by atoms with Crippen LogP contribution in [0.3, 0.4) is 0 Å². The Morgan fingerprint density at radius 2 is 2.18 bits per heavy atom. The van der Waals surface area contributed by atoms with Gasteiger partial charge in [-0.1, -0.05) is 6.07 Å². The lowest BCUT2D eigenvalue weighted by Gasteiger charge is -2.06. The molecule has 0 atom stereocenters. The maximum atomic E-state index is 5.20. The van der Waals surface area contributed by atoms with Gasteiger partial charge >= 0.3 is 0 Å². The van der Waals surface area contributed by atoms with Crippen molar-refractivity contribution in [1.82, 2.24) is 14.8 Å². The minimum atomic E-state index is 0.854. The smallest absolute Gasteiger partial charge is 0.133 e. The molecule has 90 valence electrons. The van der Waals surface area contributed by atoms with Crippen molar-refractivity contribution in [3.8, 4) is 5.75 Å². The van der Waals surface area contributed by atoms with Crippen LogP contribution in [-0.2, 0) is 19.9 Å². The highest BCUT2D eigenvalue weighted by Gasteiger charge is 2.04. The Hall–Kier alpha value is -1.36. The van der Waals surface area contributed by atoms with Crippen molar-refractivity contribution in [3.05, 3.63) is 40.4 Å². The van der Waals surface area contributed by atoms with Crippen molar-refractivity contribution < 1.29 is 4.74 Å². The first-order chi connectivity index (χ1) is 8.20. The van der Waals surface area contributed by atoms with Crippen molar-refractivity contribution >= 4 is 15.9 Å². The molecule has 0 amide bonds. The molecule has 0 aliphatic heterocycles. The number of rotatable bonds is 4. The van der Waals surface area contributed by atoms with E-state index in [2.05, 4.69) is 38.3 Å². The Bertz CT molecular complexity index is 510. The Balaban J connectivity index is 2.05. The Kier molecular flexibility index (Phi) is 3.78. The lowest BCUT2D eigenvalue weighted by molar-refractivity contribution is 0.412. The van der Waals surface area contributed by atoms with E-state index in [-0.39, 0.29) is 0 Å². The van der Waals surface area contributed by atoms with Crippen molar-refractivity contribution in [2.45, 2.75) is 12.8 Å². The van der Waals surface area contributed by atoms with Gasteiger partial charge in [0.1, 0.15) is 17.9 Å². The van der Waals surface area contributed by atoms with Gasteiger partial charge in [0, 0.05) is 13.5 Å². The molecule has 5 heteroatoms. The largest absolute Gasteiger partial charge is 0.496 e. The molecule has 4 nitrogen and oxygen atoms in total. The second-order valence-corrected chi connectivity index (χ2v) is 4.68. The maximum Gasteiger partial charge on any atom is 0.133 e. The van der Waals surface area contributed by atoms with Crippen LogP contribution >= 0.6 is 15.9 Å². The average Bonchev–Trinajstić information content (AvgIpc) is 2.72. The number of benzene rings is 1. The summed E-state index contributed by atoms with van der Waals surface area (Å²) in [5.74, 6) is 1.85. The van der Waals surface area contributed by atoms with Crippen LogP contribution < -0.4 is 4.74 Å². The maximum absolute atomic E-state index is 5.20. The van der Waals surface area contributed by atoms with Crippen molar-refractivity contribution in [1.29, 1.82) is 0 Å². The molecule has 0 bridgehead atoms. The summed E-state index contributed by atoms with van der Waals surface area (Å²) in [7, 11) is 3.62. The summed E-state index contributed by atoms with van der Waals surface area (Å²) in [6.07, 6.45) is 3.55. The van der Waals surface area contributed by atoms with Crippen molar-refractivity contribution in [2.24, 2.45) is 7.05 Å². The molecular weight excluding hydrogens is 282 g/mol. The number of hydrogen-bond acceptors (Lipinski definition) is 3. The number of halogens is 1. The van der Waals surface area contributed by atoms with Gasteiger partial charge in [0.25, 0.3) is 0 Å². The van der Waals surface area contributed by atoms with Gasteiger partial charge in [-0.05, 0) is 40.0 Å². The fraction of sp³-hybridized carbons (Fsp3) is 0.333. The van der Waals surface area contributed by atoms with Crippen LogP contribution in [0.15, 0.2) is 29.0 Å². The molecule has 0 saturated carbocycles. The molecule has 0 aliphatic rings. The Morgan fingerprint density at radius 3 is 2.76 bits per heavy atom. The zero-order chi connectivity index (χ0) is 12.3. The third kappa shape index (κ3) is 2.85. The molecule has 1 aromatic carbocycles. The number of ether oxygens (including phenoxy) is 1. The number of methoxy groups -OCH3 is 1. The topological polar surface area (TPSA) is 39.9 Å². The fourth-order valence-electron chi connectivity index (χ4n) is 1.65. The average molecular weight is 296 g/mol. The SMILES string of the molecule is COc1ccc(CCc2nncn2C)cc1Br. The number of nitrogens with zero attached hydrogens (tertiary/aromatic N) is 3.